The highest BCUT2D eigenvalue weighted by Gasteiger charge is 2.17. The van der Waals surface area contributed by atoms with E-state index in [1.807, 2.05) is 6.92 Å². The maximum absolute atomic E-state index is 12.6. The van der Waals surface area contributed by atoms with E-state index in [-0.39, 0.29) is 17.3 Å². The van der Waals surface area contributed by atoms with Crippen LogP contribution in [-0.4, -0.2) is 53.4 Å². The van der Waals surface area contributed by atoms with Gasteiger partial charge >= 0.3 is 0 Å². The molecular formula is C17H21N7O3S. The van der Waals surface area contributed by atoms with Crippen molar-refractivity contribution in [3.63, 3.8) is 0 Å². The van der Waals surface area contributed by atoms with Crippen LogP contribution < -0.4 is 10.5 Å². The van der Waals surface area contributed by atoms with E-state index in [9.17, 15) is 8.42 Å². The predicted molar refractivity (Wildman–Crippen MR) is 103 cm³/mol. The fourth-order valence-electron chi connectivity index (χ4n) is 2.56. The average Bonchev–Trinajstić information content (AvgIpc) is 3.20. The summed E-state index contributed by atoms with van der Waals surface area (Å²) in [7, 11) is -2.08. The highest BCUT2D eigenvalue weighted by molar-refractivity contribution is 7.89. The molecule has 0 bridgehead atoms. The van der Waals surface area contributed by atoms with Gasteiger partial charge in [0, 0.05) is 25.8 Å². The molecule has 148 valence electrons. The van der Waals surface area contributed by atoms with Crippen LogP contribution in [0.1, 0.15) is 12.0 Å². The fourth-order valence-corrected chi connectivity index (χ4v) is 3.66. The third-order valence-electron chi connectivity index (χ3n) is 4.03. The van der Waals surface area contributed by atoms with Crippen LogP contribution in [0.4, 0.5) is 5.82 Å². The van der Waals surface area contributed by atoms with Gasteiger partial charge in [0.05, 0.1) is 16.8 Å². The molecule has 3 rings (SSSR count). The Balaban J connectivity index is 1.95. The first-order chi connectivity index (χ1) is 13.4. The molecule has 10 nitrogen and oxygen atoms in total. The van der Waals surface area contributed by atoms with Gasteiger partial charge in [-0.1, -0.05) is 6.07 Å². The van der Waals surface area contributed by atoms with Crippen LogP contribution in [0.3, 0.4) is 0 Å². The topological polar surface area (TPSA) is 138 Å². The Morgan fingerprint density at radius 2 is 2.14 bits per heavy atom. The largest absolute Gasteiger partial charge is 0.385 e. The van der Waals surface area contributed by atoms with E-state index in [0.717, 1.165) is 5.56 Å². The van der Waals surface area contributed by atoms with Crippen molar-refractivity contribution in [2.45, 2.75) is 18.2 Å². The van der Waals surface area contributed by atoms with Gasteiger partial charge in [-0.3, -0.25) is 0 Å². The Morgan fingerprint density at radius 1 is 1.32 bits per heavy atom. The fraction of sp³-hybridized carbons (Fsp3) is 0.294. The molecule has 11 heteroatoms. The van der Waals surface area contributed by atoms with Gasteiger partial charge in [0.15, 0.2) is 11.6 Å². The number of aryl methyl sites for hydroxylation is 1. The van der Waals surface area contributed by atoms with E-state index in [1.165, 1.54) is 23.5 Å². The van der Waals surface area contributed by atoms with Crippen LogP contribution in [0.15, 0.2) is 41.9 Å². The number of hydrogen-bond acceptors (Lipinski definition) is 8. The van der Waals surface area contributed by atoms with Crippen molar-refractivity contribution in [3.05, 3.63) is 42.6 Å². The zero-order valence-electron chi connectivity index (χ0n) is 15.5. The molecule has 0 radical (unpaired) electrons. The third kappa shape index (κ3) is 4.32. The summed E-state index contributed by atoms with van der Waals surface area (Å²) in [6.07, 6.45) is 4.91. The van der Waals surface area contributed by atoms with Crippen molar-refractivity contribution in [2.24, 2.45) is 0 Å². The second-order valence-electron chi connectivity index (χ2n) is 6.02. The first-order valence-corrected chi connectivity index (χ1v) is 9.98. The summed E-state index contributed by atoms with van der Waals surface area (Å²) < 4.78 is 34.0. The van der Waals surface area contributed by atoms with Gasteiger partial charge < -0.3 is 10.5 Å². The lowest BCUT2D eigenvalue weighted by Crippen LogP contribution is -2.25. The summed E-state index contributed by atoms with van der Waals surface area (Å²) in [6.45, 7) is 2.64. The molecular weight excluding hydrogens is 382 g/mol. The smallest absolute Gasteiger partial charge is 0.240 e. The zero-order chi connectivity index (χ0) is 20.1. The molecule has 0 aliphatic carbocycles. The monoisotopic (exact) mass is 403 g/mol. The number of anilines is 1. The Labute approximate surface area is 162 Å². The molecule has 0 amide bonds. The number of aromatic nitrogens is 5. The lowest BCUT2D eigenvalue weighted by Gasteiger charge is -2.12. The number of hydrogen-bond donors (Lipinski definition) is 2. The third-order valence-corrected chi connectivity index (χ3v) is 5.49. The molecule has 0 fully saturated rings. The van der Waals surface area contributed by atoms with Crippen LogP contribution in [0.5, 0.6) is 0 Å². The minimum Gasteiger partial charge on any atom is -0.385 e. The van der Waals surface area contributed by atoms with Gasteiger partial charge in [0.2, 0.25) is 10.0 Å². The molecule has 0 unspecified atom stereocenters. The van der Waals surface area contributed by atoms with Crippen LogP contribution in [0.2, 0.25) is 0 Å². The van der Waals surface area contributed by atoms with Crippen molar-refractivity contribution < 1.29 is 13.2 Å². The lowest BCUT2D eigenvalue weighted by atomic mass is 10.1. The quantitative estimate of drug-likeness (QED) is 0.530. The molecule has 0 aliphatic heterocycles. The predicted octanol–water partition coefficient (Wildman–Crippen LogP) is 0.930. The van der Waals surface area contributed by atoms with Gasteiger partial charge in [-0.15, -0.1) is 0 Å². The molecule has 1 aromatic carbocycles. The van der Waals surface area contributed by atoms with Crippen molar-refractivity contribution >= 4 is 15.8 Å². The zero-order valence-corrected chi connectivity index (χ0v) is 16.3. The first kappa shape index (κ1) is 19.9. The second-order valence-corrected chi connectivity index (χ2v) is 7.79. The minimum atomic E-state index is -3.66. The van der Waals surface area contributed by atoms with E-state index in [2.05, 4.69) is 24.8 Å². The molecule has 0 aliphatic rings. The molecule has 0 saturated carbocycles. The lowest BCUT2D eigenvalue weighted by molar-refractivity contribution is 0.196. The maximum Gasteiger partial charge on any atom is 0.240 e. The highest BCUT2D eigenvalue weighted by Crippen LogP contribution is 2.26. The number of nitrogens with two attached hydrogens (primary N) is 1. The number of sulfonamides is 1. The molecule has 2 heterocycles. The molecule has 0 atom stereocenters. The number of benzene rings is 1. The summed E-state index contributed by atoms with van der Waals surface area (Å²) in [4.78, 5) is 12.7. The normalized spacial score (nSPS) is 11.6. The molecule has 28 heavy (non-hydrogen) atoms. The van der Waals surface area contributed by atoms with Crippen molar-refractivity contribution in [1.29, 1.82) is 0 Å². The van der Waals surface area contributed by atoms with Gasteiger partial charge in [-0.05, 0) is 31.0 Å². The van der Waals surface area contributed by atoms with Crippen LogP contribution in [-0.2, 0) is 14.8 Å². The van der Waals surface area contributed by atoms with Crippen molar-refractivity contribution in [2.75, 3.05) is 26.0 Å². The SMILES string of the molecule is COCCCNS(=O)(=O)c1ccc(C)c(-c2cnc(N)c(-n3cncn3)n2)c1. The summed E-state index contributed by atoms with van der Waals surface area (Å²) in [5.74, 6) is 0.510. The second kappa shape index (κ2) is 8.42. The summed E-state index contributed by atoms with van der Waals surface area (Å²) in [6, 6.07) is 4.85. The molecule has 0 saturated heterocycles. The first-order valence-electron chi connectivity index (χ1n) is 8.49. The van der Waals surface area contributed by atoms with Gasteiger partial charge in [-0.25, -0.2) is 28.1 Å². The Bertz CT molecular complexity index is 1050. The molecule has 0 spiro atoms. The van der Waals surface area contributed by atoms with E-state index >= 15 is 0 Å². The van der Waals surface area contributed by atoms with E-state index in [0.29, 0.717) is 30.1 Å². The standard InChI is InChI=1S/C17H21N7O3S/c1-12-4-5-13(28(25,26)22-6-3-7-27-2)8-14(12)15-9-20-16(18)17(23-15)24-11-19-10-21-24/h4-5,8-11,22H,3,6-7H2,1-2H3,(H2,18,20). The summed E-state index contributed by atoms with van der Waals surface area (Å²) in [5.41, 5.74) is 7.86. The highest BCUT2D eigenvalue weighted by atomic mass is 32.2. The van der Waals surface area contributed by atoms with Crippen molar-refractivity contribution in [3.8, 4) is 17.1 Å². The number of rotatable bonds is 8. The summed E-state index contributed by atoms with van der Waals surface area (Å²) in [5, 5.41) is 4.02. The maximum atomic E-state index is 12.6. The average molecular weight is 403 g/mol. The van der Waals surface area contributed by atoms with Gasteiger partial charge in [-0.2, -0.15) is 9.78 Å². The molecule has 3 N–H and O–H groups in total. The Morgan fingerprint density at radius 3 is 2.86 bits per heavy atom. The number of nitrogens with zero attached hydrogens (tertiary/aromatic N) is 5. The van der Waals surface area contributed by atoms with Gasteiger partial charge in [0.25, 0.3) is 0 Å². The number of nitrogens with one attached hydrogen (secondary N) is 1. The molecule has 2 aromatic heterocycles. The summed E-state index contributed by atoms with van der Waals surface area (Å²) >= 11 is 0. The van der Waals surface area contributed by atoms with E-state index < -0.39 is 10.0 Å². The van der Waals surface area contributed by atoms with Crippen molar-refractivity contribution in [1.82, 2.24) is 29.5 Å². The minimum absolute atomic E-state index is 0.145. The number of ether oxygens (including phenoxy) is 1. The van der Waals surface area contributed by atoms with Crippen LogP contribution in [0, 0.1) is 6.92 Å². The van der Waals surface area contributed by atoms with E-state index in [4.69, 9.17) is 10.5 Å². The Kier molecular flexibility index (Phi) is 5.97. The number of nitrogen functional groups attached to an aromatic ring is 1. The number of methoxy groups -OCH3 is 1. The van der Waals surface area contributed by atoms with Crippen LogP contribution >= 0.6 is 0 Å². The van der Waals surface area contributed by atoms with E-state index in [1.54, 1.807) is 25.3 Å². The Hall–Kier alpha value is -2.89. The van der Waals surface area contributed by atoms with Crippen LogP contribution in [0.25, 0.3) is 17.1 Å². The molecule has 3 aromatic rings. The van der Waals surface area contributed by atoms with Gasteiger partial charge in [0.1, 0.15) is 12.7 Å².